The van der Waals surface area contributed by atoms with Crippen LogP contribution in [0.15, 0.2) is 30.1 Å². The van der Waals surface area contributed by atoms with Gasteiger partial charge in [0, 0.05) is 0 Å². The molecule has 0 aliphatic carbocycles. The van der Waals surface area contributed by atoms with E-state index in [2.05, 4.69) is 25.5 Å². The average molecular weight is 264 g/mol. The summed E-state index contributed by atoms with van der Waals surface area (Å²) in [6.45, 7) is 9.75. The highest BCUT2D eigenvalue weighted by atomic mass is 19.1. The van der Waals surface area contributed by atoms with Crippen LogP contribution in [-0.4, -0.2) is 12.6 Å². The first-order valence-corrected chi connectivity index (χ1v) is 6.41. The van der Waals surface area contributed by atoms with Crippen LogP contribution < -0.4 is 0 Å². The molecular weight excluding hydrogens is 243 g/mol. The molecule has 0 bridgehead atoms. The maximum atomic E-state index is 13.8. The Morgan fingerprint density at radius 2 is 1.74 bits per heavy atom. The van der Waals surface area contributed by atoms with Crippen LogP contribution in [-0.2, 0) is 14.9 Å². The number of carbonyl (C=O) groups excluding carboxylic acids is 1. The van der Waals surface area contributed by atoms with E-state index in [0.29, 0.717) is 11.1 Å². The summed E-state index contributed by atoms with van der Waals surface area (Å²) in [5.74, 6) is -1.73. The van der Waals surface area contributed by atoms with Gasteiger partial charge in [0.1, 0.15) is 0 Å². The molecule has 0 aliphatic rings. The number of hydrogen-bond donors (Lipinski definition) is 0. The molecule has 0 N–H and O–H groups in total. The fourth-order valence-electron chi connectivity index (χ4n) is 1.69. The molecule has 1 rings (SSSR count). The molecule has 3 heteroatoms. The van der Waals surface area contributed by atoms with E-state index in [1.807, 2.05) is 24.3 Å². The molecule has 0 radical (unpaired) electrons. The molecule has 19 heavy (non-hydrogen) atoms. The fraction of sp³-hybridized carbons (Fsp3) is 0.438. The van der Waals surface area contributed by atoms with Gasteiger partial charge in [0.05, 0.1) is 6.61 Å². The second kappa shape index (κ2) is 6.00. The summed E-state index contributed by atoms with van der Waals surface area (Å²) in [6, 6.07) is 7.57. The number of rotatable bonds is 3. The molecule has 0 spiro atoms. The van der Waals surface area contributed by atoms with Gasteiger partial charge in [-0.2, -0.15) is 4.39 Å². The third-order valence-corrected chi connectivity index (χ3v) is 2.97. The summed E-state index contributed by atoms with van der Waals surface area (Å²) in [4.78, 5) is 11.3. The Kier molecular flexibility index (Phi) is 4.87. The van der Waals surface area contributed by atoms with Crippen molar-refractivity contribution in [3.8, 4) is 0 Å². The average Bonchev–Trinajstić information content (AvgIpc) is 2.36. The molecule has 0 saturated heterocycles. The van der Waals surface area contributed by atoms with Crippen molar-refractivity contribution < 1.29 is 13.9 Å². The molecule has 104 valence electrons. The Labute approximate surface area is 114 Å². The number of benzene rings is 1. The van der Waals surface area contributed by atoms with Gasteiger partial charge in [-0.15, -0.1) is 0 Å². The monoisotopic (exact) mass is 264 g/mol. The molecule has 1 aromatic rings. The number of hydrogen-bond acceptors (Lipinski definition) is 2. The lowest BCUT2D eigenvalue weighted by Crippen LogP contribution is -2.10. The lowest BCUT2D eigenvalue weighted by atomic mass is 9.86. The van der Waals surface area contributed by atoms with E-state index in [9.17, 15) is 9.18 Å². The molecule has 1 aromatic carbocycles. The maximum absolute atomic E-state index is 13.8. The zero-order valence-corrected chi connectivity index (χ0v) is 12.2. The first-order chi connectivity index (χ1) is 8.77. The predicted octanol–water partition coefficient (Wildman–Crippen LogP) is 4.25. The summed E-state index contributed by atoms with van der Waals surface area (Å²) in [7, 11) is 0. The van der Waals surface area contributed by atoms with E-state index in [-0.39, 0.29) is 12.0 Å². The van der Waals surface area contributed by atoms with Crippen molar-refractivity contribution >= 4 is 11.5 Å². The second-order valence-corrected chi connectivity index (χ2v) is 5.49. The Morgan fingerprint density at radius 1 is 1.21 bits per heavy atom. The third-order valence-electron chi connectivity index (χ3n) is 2.97. The van der Waals surface area contributed by atoms with Crippen molar-refractivity contribution in [2.75, 3.05) is 6.61 Å². The molecule has 0 unspecified atom stereocenters. The number of esters is 1. The lowest BCUT2D eigenvalue weighted by Gasteiger charge is -2.19. The van der Waals surface area contributed by atoms with Crippen LogP contribution in [0.4, 0.5) is 4.39 Å². The van der Waals surface area contributed by atoms with Gasteiger partial charge in [-0.25, -0.2) is 4.79 Å². The standard InChI is InChI=1S/C16H21FO2/c1-6-19-15(18)14(17)11(2)12-7-9-13(10-8-12)16(3,4)5/h7-10H,6H2,1-5H3. The van der Waals surface area contributed by atoms with E-state index in [0.717, 1.165) is 0 Å². The molecule has 0 aliphatic heterocycles. The van der Waals surface area contributed by atoms with Crippen LogP contribution in [0.5, 0.6) is 0 Å². The zero-order chi connectivity index (χ0) is 14.6. The Hall–Kier alpha value is -1.64. The minimum atomic E-state index is -0.903. The second-order valence-electron chi connectivity index (χ2n) is 5.49. The highest BCUT2D eigenvalue weighted by molar-refractivity contribution is 5.94. The first kappa shape index (κ1) is 15.4. The van der Waals surface area contributed by atoms with Crippen molar-refractivity contribution in [1.29, 1.82) is 0 Å². The van der Waals surface area contributed by atoms with Gasteiger partial charge in [-0.1, -0.05) is 45.0 Å². The highest BCUT2D eigenvalue weighted by Crippen LogP contribution is 2.26. The predicted molar refractivity (Wildman–Crippen MR) is 75.5 cm³/mol. The maximum Gasteiger partial charge on any atom is 0.367 e. The van der Waals surface area contributed by atoms with Crippen LogP contribution in [0, 0.1) is 0 Å². The van der Waals surface area contributed by atoms with Crippen molar-refractivity contribution in [3.63, 3.8) is 0 Å². The molecule has 0 aromatic heterocycles. The van der Waals surface area contributed by atoms with E-state index in [1.165, 1.54) is 5.56 Å². The van der Waals surface area contributed by atoms with E-state index in [4.69, 9.17) is 0 Å². The third kappa shape index (κ3) is 3.91. The van der Waals surface area contributed by atoms with Gasteiger partial charge in [0.25, 0.3) is 0 Å². The number of carbonyl (C=O) groups is 1. The van der Waals surface area contributed by atoms with Crippen LogP contribution >= 0.6 is 0 Å². The van der Waals surface area contributed by atoms with Gasteiger partial charge < -0.3 is 4.74 Å². The molecule has 0 atom stereocenters. The van der Waals surface area contributed by atoms with Crippen LogP contribution in [0.1, 0.15) is 45.7 Å². The van der Waals surface area contributed by atoms with Gasteiger partial charge >= 0.3 is 5.97 Å². The van der Waals surface area contributed by atoms with Crippen LogP contribution in [0.2, 0.25) is 0 Å². The normalized spacial score (nSPS) is 12.9. The molecule has 0 amide bonds. The Morgan fingerprint density at radius 3 is 2.16 bits per heavy atom. The fourth-order valence-corrected chi connectivity index (χ4v) is 1.69. The van der Waals surface area contributed by atoms with E-state index >= 15 is 0 Å². The number of halogens is 1. The summed E-state index contributed by atoms with van der Waals surface area (Å²) >= 11 is 0. The molecule has 0 heterocycles. The highest BCUT2D eigenvalue weighted by Gasteiger charge is 2.16. The molecule has 0 saturated carbocycles. The van der Waals surface area contributed by atoms with Crippen LogP contribution in [0.25, 0.3) is 5.57 Å². The molecule has 0 fully saturated rings. The number of ether oxygens (including phenoxy) is 1. The van der Waals surface area contributed by atoms with Gasteiger partial charge in [0.2, 0.25) is 5.83 Å². The quantitative estimate of drug-likeness (QED) is 0.602. The SMILES string of the molecule is CCOC(=O)C(F)=C(C)c1ccc(C(C)(C)C)cc1. The molecule has 2 nitrogen and oxygen atoms in total. The largest absolute Gasteiger partial charge is 0.461 e. The van der Waals surface area contributed by atoms with Crippen molar-refractivity contribution in [2.45, 2.75) is 40.0 Å². The lowest BCUT2D eigenvalue weighted by molar-refractivity contribution is -0.140. The zero-order valence-electron chi connectivity index (χ0n) is 12.2. The summed E-state index contributed by atoms with van der Waals surface area (Å²) in [5.41, 5.74) is 2.22. The Bertz CT molecular complexity index is 478. The minimum Gasteiger partial charge on any atom is -0.461 e. The topological polar surface area (TPSA) is 26.3 Å². The van der Waals surface area contributed by atoms with Gasteiger partial charge in [-0.05, 0) is 36.0 Å². The van der Waals surface area contributed by atoms with E-state index in [1.54, 1.807) is 13.8 Å². The van der Waals surface area contributed by atoms with Crippen molar-refractivity contribution in [1.82, 2.24) is 0 Å². The first-order valence-electron chi connectivity index (χ1n) is 6.41. The summed E-state index contributed by atoms with van der Waals surface area (Å²) < 4.78 is 18.5. The van der Waals surface area contributed by atoms with Gasteiger partial charge in [-0.3, -0.25) is 0 Å². The smallest absolute Gasteiger partial charge is 0.367 e. The van der Waals surface area contributed by atoms with Crippen LogP contribution in [0.3, 0.4) is 0 Å². The minimum absolute atomic E-state index is 0.0514. The Balaban J connectivity index is 3.04. The van der Waals surface area contributed by atoms with Crippen molar-refractivity contribution in [3.05, 3.63) is 41.2 Å². The summed E-state index contributed by atoms with van der Waals surface area (Å²) in [6.07, 6.45) is 0. The van der Waals surface area contributed by atoms with Gasteiger partial charge in [0.15, 0.2) is 0 Å². The van der Waals surface area contributed by atoms with E-state index < -0.39 is 11.8 Å². The number of allylic oxidation sites excluding steroid dienone is 1. The summed E-state index contributed by atoms with van der Waals surface area (Å²) in [5, 5.41) is 0. The van der Waals surface area contributed by atoms with Crippen molar-refractivity contribution in [2.24, 2.45) is 0 Å². The molecular formula is C16H21FO2.